The zero-order valence-electron chi connectivity index (χ0n) is 12.7. The summed E-state index contributed by atoms with van der Waals surface area (Å²) in [6.07, 6.45) is 9.60. The minimum Gasteiger partial charge on any atom is -0.494 e. The van der Waals surface area contributed by atoms with Crippen molar-refractivity contribution in [2.24, 2.45) is 0 Å². The largest absolute Gasteiger partial charge is 0.494 e. The van der Waals surface area contributed by atoms with Crippen molar-refractivity contribution in [2.45, 2.75) is 63.3 Å². The fraction of sp³-hybridized carbons (Fsp3) is 0.588. The zero-order chi connectivity index (χ0) is 15.7. The Hall–Kier alpha value is -1.91. The second-order valence-corrected chi connectivity index (χ2v) is 6.38. The quantitative estimate of drug-likeness (QED) is 0.507. The van der Waals surface area contributed by atoms with Crippen molar-refractivity contribution in [1.29, 1.82) is 0 Å². The van der Waals surface area contributed by atoms with Crippen LogP contribution in [-0.2, 0) is 11.3 Å². The van der Waals surface area contributed by atoms with Crippen molar-refractivity contribution < 1.29 is 20.1 Å². The Labute approximate surface area is 129 Å². The maximum atomic E-state index is 10.5. The van der Waals surface area contributed by atoms with Gasteiger partial charge in [0.05, 0.1) is 0 Å². The molecule has 0 aliphatic heterocycles. The maximum Gasteiger partial charge on any atom is 0.303 e. The molecule has 1 unspecified atom stereocenters. The van der Waals surface area contributed by atoms with E-state index in [1.54, 1.807) is 4.57 Å². The molecule has 2 aliphatic carbocycles. The number of carbonyl (C=O) groups is 1. The number of rotatable bonds is 8. The third-order valence-electron chi connectivity index (χ3n) is 4.67. The lowest BCUT2D eigenvalue weighted by atomic mass is 9.86. The lowest BCUT2D eigenvalue weighted by Gasteiger charge is -2.18. The first-order chi connectivity index (χ1) is 10.6. The van der Waals surface area contributed by atoms with Crippen molar-refractivity contribution in [1.82, 2.24) is 4.57 Å². The van der Waals surface area contributed by atoms with Crippen LogP contribution in [0.15, 0.2) is 12.2 Å². The van der Waals surface area contributed by atoms with Crippen molar-refractivity contribution in [3.8, 4) is 11.8 Å². The van der Waals surface area contributed by atoms with Crippen LogP contribution in [0.3, 0.4) is 0 Å². The highest BCUT2D eigenvalue weighted by Gasteiger charge is 2.37. The van der Waals surface area contributed by atoms with Crippen molar-refractivity contribution in [3.05, 3.63) is 23.3 Å². The summed E-state index contributed by atoms with van der Waals surface area (Å²) < 4.78 is 1.61. The molecule has 0 spiro atoms. The van der Waals surface area contributed by atoms with Gasteiger partial charge in [-0.25, -0.2) is 0 Å². The number of aliphatic carboxylic acids is 1. The number of nitrogens with zero attached hydrogens (tertiary/aromatic N) is 1. The first-order valence-corrected chi connectivity index (χ1v) is 8.12. The second kappa shape index (κ2) is 6.07. The van der Waals surface area contributed by atoms with E-state index in [0.717, 1.165) is 43.2 Å². The molecule has 1 fully saturated rings. The summed E-state index contributed by atoms with van der Waals surface area (Å²) >= 11 is 0. The van der Waals surface area contributed by atoms with Gasteiger partial charge < -0.3 is 15.3 Å². The van der Waals surface area contributed by atoms with Gasteiger partial charge in [0, 0.05) is 30.0 Å². The molecule has 2 aliphatic rings. The van der Waals surface area contributed by atoms with E-state index in [1.807, 2.05) is 0 Å². The summed E-state index contributed by atoms with van der Waals surface area (Å²) in [5.74, 6) is 0.264. The Morgan fingerprint density at radius 3 is 2.36 bits per heavy atom. The van der Waals surface area contributed by atoms with Crippen molar-refractivity contribution in [3.63, 3.8) is 0 Å². The van der Waals surface area contributed by atoms with Gasteiger partial charge in [0.2, 0.25) is 0 Å². The Morgan fingerprint density at radius 2 is 1.82 bits per heavy atom. The van der Waals surface area contributed by atoms with E-state index >= 15 is 0 Å². The van der Waals surface area contributed by atoms with Gasteiger partial charge in [-0.15, -0.1) is 0 Å². The van der Waals surface area contributed by atoms with Gasteiger partial charge in [-0.3, -0.25) is 9.36 Å². The van der Waals surface area contributed by atoms with E-state index < -0.39 is 5.97 Å². The minimum atomic E-state index is -0.776. The van der Waals surface area contributed by atoms with Crippen LogP contribution in [0.2, 0.25) is 0 Å². The molecule has 0 saturated heterocycles. The highest BCUT2D eigenvalue weighted by molar-refractivity contribution is 5.66. The van der Waals surface area contributed by atoms with Crippen LogP contribution in [0.4, 0.5) is 0 Å². The summed E-state index contributed by atoms with van der Waals surface area (Å²) in [6, 6.07) is 0. The molecule has 5 nitrogen and oxygen atoms in total. The predicted octanol–water partition coefficient (Wildman–Crippen LogP) is 3.47. The van der Waals surface area contributed by atoms with E-state index in [1.165, 1.54) is 0 Å². The minimum absolute atomic E-state index is 0.176. The molecule has 22 heavy (non-hydrogen) atoms. The number of aromatic hydroxyl groups is 2. The van der Waals surface area contributed by atoms with Gasteiger partial charge >= 0.3 is 5.97 Å². The number of carboxylic acid groups (broad SMARTS) is 1. The molecule has 3 N–H and O–H groups in total. The first-order valence-electron chi connectivity index (χ1n) is 8.12. The van der Waals surface area contributed by atoms with Crippen LogP contribution in [0.25, 0.3) is 0 Å². The number of aromatic nitrogens is 1. The highest BCUT2D eigenvalue weighted by atomic mass is 16.4. The summed E-state index contributed by atoms with van der Waals surface area (Å²) in [6.45, 7) is 0.535. The third-order valence-corrected chi connectivity index (χ3v) is 4.67. The smallest absolute Gasteiger partial charge is 0.303 e. The average molecular weight is 305 g/mol. The van der Waals surface area contributed by atoms with Crippen molar-refractivity contribution in [2.75, 3.05) is 0 Å². The highest BCUT2D eigenvalue weighted by Crippen LogP contribution is 2.53. The number of allylic oxidation sites excluding steroid dienone is 2. The Kier molecular flexibility index (Phi) is 4.14. The van der Waals surface area contributed by atoms with Crippen LogP contribution in [-0.4, -0.2) is 25.9 Å². The molecule has 1 atom stereocenters. The zero-order valence-corrected chi connectivity index (χ0v) is 12.7. The van der Waals surface area contributed by atoms with E-state index in [-0.39, 0.29) is 24.1 Å². The average Bonchev–Trinajstić information content (AvgIpc) is 3.20. The standard InChI is InChI=1S/C17H23NO4/c19-13(20)7-2-1-3-10-18-16(21)14(11-5-4-6-11)15(17(18)22)12-8-9-12/h4-5,11-12,21-22H,1-3,6-10H2,(H,19,20). The topological polar surface area (TPSA) is 82.7 Å². The molecule has 0 radical (unpaired) electrons. The number of hydrogen-bond acceptors (Lipinski definition) is 3. The van der Waals surface area contributed by atoms with Gasteiger partial charge in [0.15, 0.2) is 11.8 Å². The van der Waals surface area contributed by atoms with Crippen LogP contribution >= 0.6 is 0 Å². The SMILES string of the molecule is O=C(O)CCCCCn1c(O)c(C2C=CC2)c(C2CC2)c1O. The molecule has 120 valence electrons. The lowest BCUT2D eigenvalue weighted by molar-refractivity contribution is -0.137. The summed E-state index contributed by atoms with van der Waals surface area (Å²) in [7, 11) is 0. The Balaban J connectivity index is 1.71. The fourth-order valence-corrected chi connectivity index (χ4v) is 3.19. The van der Waals surface area contributed by atoms with Crippen LogP contribution in [0.1, 0.15) is 67.9 Å². The molecule has 0 bridgehead atoms. The van der Waals surface area contributed by atoms with Gasteiger partial charge in [-0.05, 0) is 38.0 Å². The number of carboxylic acids is 1. The van der Waals surface area contributed by atoms with Gasteiger partial charge in [0.1, 0.15) is 0 Å². The lowest BCUT2D eigenvalue weighted by Crippen LogP contribution is -2.03. The maximum absolute atomic E-state index is 10.5. The van der Waals surface area contributed by atoms with Crippen LogP contribution < -0.4 is 0 Å². The van der Waals surface area contributed by atoms with E-state index in [2.05, 4.69) is 12.2 Å². The summed E-state index contributed by atoms with van der Waals surface area (Å²) in [5.41, 5.74) is 1.85. The Morgan fingerprint density at radius 1 is 1.14 bits per heavy atom. The molecule has 1 aromatic rings. The van der Waals surface area contributed by atoms with Gasteiger partial charge in [-0.1, -0.05) is 18.6 Å². The van der Waals surface area contributed by atoms with Gasteiger partial charge in [0.25, 0.3) is 0 Å². The summed E-state index contributed by atoms with van der Waals surface area (Å²) in [4.78, 5) is 10.5. The third kappa shape index (κ3) is 2.85. The van der Waals surface area contributed by atoms with E-state index in [4.69, 9.17) is 5.11 Å². The molecule has 1 saturated carbocycles. The molecule has 5 heteroatoms. The summed E-state index contributed by atoms with van der Waals surface area (Å²) in [5, 5.41) is 29.6. The van der Waals surface area contributed by atoms with Crippen LogP contribution in [0, 0.1) is 0 Å². The molecule has 0 aromatic carbocycles. The van der Waals surface area contributed by atoms with E-state index in [9.17, 15) is 15.0 Å². The molecule has 1 aromatic heterocycles. The van der Waals surface area contributed by atoms with Crippen molar-refractivity contribution >= 4 is 5.97 Å². The molecular weight excluding hydrogens is 282 g/mol. The predicted molar refractivity (Wildman–Crippen MR) is 82.3 cm³/mol. The molecule has 0 amide bonds. The van der Waals surface area contributed by atoms with Crippen LogP contribution in [0.5, 0.6) is 11.8 Å². The first kappa shape index (κ1) is 15.0. The number of unbranched alkanes of at least 4 members (excludes halogenated alkanes) is 2. The van der Waals surface area contributed by atoms with Gasteiger partial charge in [-0.2, -0.15) is 0 Å². The Bertz CT molecular complexity index is 598. The normalized spacial score (nSPS) is 20.1. The fourth-order valence-electron chi connectivity index (χ4n) is 3.19. The molecule has 1 heterocycles. The number of hydrogen-bond donors (Lipinski definition) is 3. The monoisotopic (exact) mass is 305 g/mol. The van der Waals surface area contributed by atoms with E-state index in [0.29, 0.717) is 18.9 Å². The second-order valence-electron chi connectivity index (χ2n) is 6.38. The molecular formula is C17H23NO4. The molecule has 3 rings (SSSR count).